The second kappa shape index (κ2) is 17.0. The van der Waals surface area contributed by atoms with Gasteiger partial charge in [-0.1, -0.05) is 0 Å². The van der Waals surface area contributed by atoms with E-state index in [9.17, 15) is 0 Å². The normalized spacial score (nSPS) is 0. The fraction of sp³-hybridized carbons (Fsp3) is 0. The fourth-order valence-corrected chi connectivity index (χ4v) is 0. The van der Waals surface area contributed by atoms with E-state index in [-0.39, 0.29) is 96.4 Å². The Morgan fingerprint density at radius 1 is 1.00 bits per heavy atom. The first-order valence-corrected chi connectivity index (χ1v) is 0. The molecule has 0 unspecified atom stereocenters. The summed E-state index contributed by atoms with van der Waals surface area (Å²) in [6.07, 6.45) is 0. The minimum Gasteiger partial charge on any atom is -1.00 e. The topological polar surface area (TPSA) is 0 Å². The Balaban J connectivity index is 0. The van der Waals surface area contributed by atoms with Gasteiger partial charge in [-0.15, -0.1) is 24.8 Å². The van der Waals surface area contributed by atoms with Crippen molar-refractivity contribution in [2.75, 3.05) is 0 Å². The second-order valence-electron chi connectivity index (χ2n) is 0. The summed E-state index contributed by atoms with van der Waals surface area (Å²) in [5.41, 5.74) is 0. The van der Waals surface area contributed by atoms with Crippen molar-refractivity contribution in [3.8, 4) is 0 Å². The van der Waals surface area contributed by atoms with Crippen molar-refractivity contribution in [2.45, 2.75) is 0 Å². The van der Waals surface area contributed by atoms with Crippen LogP contribution in [-0.4, -0.2) is 37.7 Å². The molecule has 0 atom stereocenters. The van der Waals surface area contributed by atoms with Gasteiger partial charge < -0.3 is 4.28 Å². The molecule has 0 aliphatic rings. The molecule has 4 heavy (non-hydrogen) atoms. The van der Waals surface area contributed by atoms with E-state index in [4.69, 9.17) is 0 Å². The average Bonchev–Trinajstić information content (AvgIpc) is 0. The van der Waals surface area contributed by atoms with E-state index in [1.54, 1.807) is 0 Å². The molecular weight excluding hydrogens is 134 g/mol. The van der Waals surface area contributed by atoms with Crippen LogP contribution in [0.2, 0.25) is 0 Å². The zero-order chi connectivity index (χ0) is 0. The minimum atomic E-state index is 0. The molecule has 0 spiro atoms. The molecule has 0 radical (unpaired) electrons. The maximum Gasteiger partial charge on any atom is 2.00 e. The van der Waals surface area contributed by atoms with Crippen molar-refractivity contribution in [1.29, 1.82) is 0 Å². The van der Waals surface area contributed by atoms with Crippen LogP contribution in [0.15, 0.2) is 0 Å². The summed E-state index contributed by atoms with van der Waals surface area (Å²) in [5.74, 6) is 0. The van der Waals surface area contributed by atoms with Crippen molar-refractivity contribution in [3.05, 3.63) is 0 Å². The summed E-state index contributed by atoms with van der Waals surface area (Å²) < 4.78 is 0. The summed E-state index contributed by atoms with van der Waals surface area (Å²) in [4.78, 5) is 0. The molecule has 0 bridgehead atoms. The molecule has 0 saturated carbocycles. The maximum absolute atomic E-state index is 0. The zero-order valence-corrected chi connectivity index (χ0v) is 8.36. The molecule has 0 amide bonds. The Bertz CT molecular complexity index is 12.9. The molecule has 0 aliphatic heterocycles. The number of halogens is 2. The molecule has 22 valence electrons. The molecular formula is H5CaCl2Na. The molecule has 4 heteroatoms. The van der Waals surface area contributed by atoms with Crippen molar-refractivity contribution in [1.82, 2.24) is 0 Å². The first kappa shape index (κ1) is 28.9. The van der Waals surface area contributed by atoms with Crippen LogP contribution in [0.4, 0.5) is 0 Å². The van der Waals surface area contributed by atoms with Gasteiger partial charge in [0.1, 0.15) is 0 Å². The Hall–Kier alpha value is 2.84. The molecule has 0 heterocycles. The molecule has 0 aromatic carbocycles. The summed E-state index contributed by atoms with van der Waals surface area (Å²) >= 11 is 0. The standard InChI is InChI=1S/Ca.2ClH.Na.3H/h;2*1H;;;;/q+2;;;+1;3*-1. The first-order valence-electron chi connectivity index (χ1n) is 0. The molecule has 0 aromatic rings. The van der Waals surface area contributed by atoms with Gasteiger partial charge in [0.25, 0.3) is 0 Å². The maximum atomic E-state index is 0. The van der Waals surface area contributed by atoms with Gasteiger partial charge in [-0.2, -0.15) is 0 Å². The molecule has 0 rings (SSSR count). The minimum absolute atomic E-state index is 0. The van der Waals surface area contributed by atoms with Gasteiger partial charge in [0, 0.05) is 0 Å². The van der Waals surface area contributed by atoms with Crippen molar-refractivity contribution < 1.29 is 33.8 Å². The van der Waals surface area contributed by atoms with Crippen molar-refractivity contribution in [2.24, 2.45) is 0 Å². The van der Waals surface area contributed by atoms with Crippen LogP contribution in [0.1, 0.15) is 4.28 Å². The van der Waals surface area contributed by atoms with Crippen LogP contribution in [0.5, 0.6) is 0 Å². The molecule has 0 aliphatic carbocycles. The monoisotopic (exact) mass is 138 g/mol. The SMILES string of the molecule is Cl.Cl.[Ca+2].[H-].[H-].[H-].[Na+]. The Labute approximate surface area is 94.7 Å². The van der Waals surface area contributed by atoms with E-state index in [2.05, 4.69) is 0 Å². The van der Waals surface area contributed by atoms with E-state index in [0.29, 0.717) is 0 Å². The summed E-state index contributed by atoms with van der Waals surface area (Å²) in [5, 5.41) is 0. The van der Waals surface area contributed by atoms with E-state index >= 15 is 0 Å². The van der Waals surface area contributed by atoms with Crippen LogP contribution in [0.3, 0.4) is 0 Å². The van der Waals surface area contributed by atoms with E-state index < -0.39 is 0 Å². The Morgan fingerprint density at radius 3 is 1.00 bits per heavy atom. The van der Waals surface area contributed by atoms with Gasteiger partial charge in [-0.3, -0.25) is 0 Å². The number of hydrogen-bond donors (Lipinski definition) is 0. The molecule has 0 nitrogen and oxygen atoms in total. The van der Waals surface area contributed by atoms with Crippen LogP contribution in [0.25, 0.3) is 0 Å². The van der Waals surface area contributed by atoms with Gasteiger partial charge >= 0.3 is 67.3 Å². The number of rotatable bonds is 0. The van der Waals surface area contributed by atoms with E-state index in [1.807, 2.05) is 0 Å². The van der Waals surface area contributed by atoms with Crippen LogP contribution < -0.4 is 29.6 Å². The largest absolute Gasteiger partial charge is 2.00 e. The average molecular weight is 139 g/mol. The van der Waals surface area contributed by atoms with Crippen LogP contribution in [0, 0.1) is 0 Å². The Morgan fingerprint density at radius 2 is 1.00 bits per heavy atom. The quantitative estimate of drug-likeness (QED) is 0.334. The molecule has 0 N–H and O–H groups in total. The third-order valence-electron chi connectivity index (χ3n) is 0. The molecule has 0 saturated heterocycles. The van der Waals surface area contributed by atoms with Gasteiger partial charge in [-0.25, -0.2) is 0 Å². The predicted molar refractivity (Wildman–Crippen MR) is 23.6 cm³/mol. The van der Waals surface area contributed by atoms with Gasteiger partial charge in [0.15, 0.2) is 0 Å². The third-order valence-corrected chi connectivity index (χ3v) is 0. The number of hydrogen-bond acceptors (Lipinski definition) is 0. The fourth-order valence-electron chi connectivity index (χ4n) is 0. The van der Waals surface area contributed by atoms with Gasteiger partial charge in [0.05, 0.1) is 0 Å². The van der Waals surface area contributed by atoms with E-state index in [0.717, 1.165) is 0 Å². The zero-order valence-electron chi connectivity index (χ0n) is 5.52. The third kappa shape index (κ3) is 8.85. The Kier molecular flexibility index (Phi) is 123. The van der Waals surface area contributed by atoms with Gasteiger partial charge in [-0.05, 0) is 0 Å². The first-order chi connectivity index (χ1) is 0. The smallest absolute Gasteiger partial charge is 1.00 e. The molecule has 0 fully saturated rings. The van der Waals surface area contributed by atoms with Gasteiger partial charge in [0.2, 0.25) is 0 Å². The van der Waals surface area contributed by atoms with Crippen LogP contribution in [-0.2, 0) is 0 Å². The molecule has 0 aromatic heterocycles. The second-order valence-corrected chi connectivity index (χ2v) is 0. The summed E-state index contributed by atoms with van der Waals surface area (Å²) in [6.45, 7) is 0. The van der Waals surface area contributed by atoms with Crippen molar-refractivity contribution in [3.63, 3.8) is 0 Å². The van der Waals surface area contributed by atoms with Crippen LogP contribution >= 0.6 is 24.8 Å². The summed E-state index contributed by atoms with van der Waals surface area (Å²) in [7, 11) is 0. The summed E-state index contributed by atoms with van der Waals surface area (Å²) in [6, 6.07) is 0. The predicted octanol–water partition coefficient (Wildman–Crippen LogP) is -2.20. The van der Waals surface area contributed by atoms with E-state index in [1.165, 1.54) is 0 Å². The van der Waals surface area contributed by atoms with Crippen molar-refractivity contribution >= 4 is 62.6 Å².